The number of hydrogen-bond acceptors (Lipinski definition) is 6. The first-order chi connectivity index (χ1) is 11.6. The first kappa shape index (κ1) is 16.9. The number of aromatic nitrogens is 2. The summed E-state index contributed by atoms with van der Waals surface area (Å²) in [4.78, 5) is 23.1. The van der Waals surface area contributed by atoms with Crippen molar-refractivity contribution in [1.29, 1.82) is 0 Å². The Labute approximate surface area is 145 Å². The standard InChI is InChI=1S/C17H21N3O3S/c1-11-16(24-10-19-11)17(22)20(2)13-6-3-7-14(15(13)21)23-12-5-4-8-18-9-12/h4-5,8-10,13-15,21H,3,6-7H2,1-2H3/t13-,14-,15-/m1/s1. The lowest BCUT2D eigenvalue weighted by Crippen LogP contribution is -2.53. The number of aliphatic hydroxyl groups excluding tert-OH is 1. The predicted molar refractivity (Wildman–Crippen MR) is 91.2 cm³/mol. The molecule has 128 valence electrons. The number of likely N-dealkylation sites (N-methyl/N-ethyl adjacent to an activating group) is 1. The summed E-state index contributed by atoms with van der Waals surface area (Å²) >= 11 is 1.33. The predicted octanol–water partition coefficient (Wildman–Crippen LogP) is 2.28. The van der Waals surface area contributed by atoms with Gasteiger partial charge in [0.2, 0.25) is 0 Å². The highest BCUT2D eigenvalue weighted by atomic mass is 32.1. The van der Waals surface area contributed by atoms with Crippen molar-refractivity contribution in [3.63, 3.8) is 0 Å². The summed E-state index contributed by atoms with van der Waals surface area (Å²) in [7, 11) is 1.74. The van der Waals surface area contributed by atoms with Crippen LogP contribution in [0.25, 0.3) is 0 Å². The fourth-order valence-corrected chi connectivity index (χ4v) is 3.86. The number of carbonyl (C=O) groups is 1. The van der Waals surface area contributed by atoms with Crippen molar-refractivity contribution in [2.24, 2.45) is 0 Å². The largest absolute Gasteiger partial charge is 0.486 e. The molecule has 0 aromatic carbocycles. The highest BCUT2D eigenvalue weighted by Gasteiger charge is 2.38. The second-order valence-electron chi connectivity index (χ2n) is 6.02. The van der Waals surface area contributed by atoms with Gasteiger partial charge in [-0.3, -0.25) is 9.78 Å². The van der Waals surface area contributed by atoms with Gasteiger partial charge in [0.15, 0.2) is 0 Å². The van der Waals surface area contributed by atoms with Crippen molar-refractivity contribution < 1.29 is 14.6 Å². The van der Waals surface area contributed by atoms with E-state index in [1.54, 1.807) is 35.9 Å². The van der Waals surface area contributed by atoms with Crippen LogP contribution in [0.15, 0.2) is 30.0 Å². The second-order valence-corrected chi connectivity index (χ2v) is 6.87. The summed E-state index contributed by atoms with van der Waals surface area (Å²) in [6, 6.07) is 3.35. The third-order valence-corrected chi connectivity index (χ3v) is 5.36. The van der Waals surface area contributed by atoms with E-state index in [-0.39, 0.29) is 18.1 Å². The lowest BCUT2D eigenvalue weighted by Gasteiger charge is -2.39. The van der Waals surface area contributed by atoms with E-state index in [4.69, 9.17) is 4.74 Å². The van der Waals surface area contributed by atoms with Crippen LogP contribution in [0.4, 0.5) is 0 Å². The Morgan fingerprint density at radius 2 is 2.29 bits per heavy atom. The van der Waals surface area contributed by atoms with E-state index >= 15 is 0 Å². The van der Waals surface area contributed by atoms with Crippen LogP contribution in [0.3, 0.4) is 0 Å². The van der Waals surface area contributed by atoms with Gasteiger partial charge in [-0.05, 0) is 38.3 Å². The lowest BCUT2D eigenvalue weighted by atomic mass is 9.89. The second kappa shape index (κ2) is 7.27. The molecule has 1 N–H and O–H groups in total. The van der Waals surface area contributed by atoms with Gasteiger partial charge < -0.3 is 14.7 Å². The van der Waals surface area contributed by atoms with Gasteiger partial charge >= 0.3 is 0 Å². The maximum Gasteiger partial charge on any atom is 0.265 e. The minimum atomic E-state index is -0.735. The molecule has 1 amide bonds. The van der Waals surface area contributed by atoms with Crippen LogP contribution in [0.2, 0.25) is 0 Å². The molecule has 7 heteroatoms. The monoisotopic (exact) mass is 347 g/mol. The molecule has 0 radical (unpaired) electrons. The van der Waals surface area contributed by atoms with Gasteiger partial charge in [-0.25, -0.2) is 4.98 Å². The maximum absolute atomic E-state index is 12.7. The summed E-state index contributed by atoms with van der Waals surface area (Å²) in [6.07, 6.45) is 4.64. The molecular weight excluding hydrogens is 326 g/mol. The van der Waals surface area contributed by atoms with Crippen LogP contribution >= 0.6 is 11.3 Å². The molecule has 0 spiro atoms. The van der Waals surface area contributed by atoms with E-state index in [1.807, 2.05) is 13.0 Å². The average molecular weight is 347 g/mol. The summed E-state index contributed by atoms with van der Waals surface area (Å²) in [6.45, 7) is 1.82. The summed E-state index contributed by atoms with van der Waals surface area (Å²) < 4.78 is 5.88. The zero-order valence-electron chi connectivity index (χ0n) is 13.8. The van der Waals surface area contributed by atoms with Gasteiger partial charge in [0.1, 0.15) is 22.8 Å². The molecule has 2 aromatic heterocycles. The molecule has 3 rings (SSSR count). The molecule has 0 bridgehead atoms. The number of ether oxygens (including phenoxy) is 1. The number of pyridine rings is 1. The Morgan fingerprint density at radius 3 is 2.96 bits per heavy atom. The molecule has 24 heavy (non-hydrogen) atoms. The first-order valence-corrected chi connectivity index (χ1v) is 8.88. The zero-order valence-corrected chi connectivity index (χ0v) is 14.6. The Kier molecular flexibility index (Phi) is 5.11. The molecule has 0 unspecified atom stereocenters. The Balaban J connectivity index is 1.71. The summed E-state index contributed by atoms with van der Waals surface area (Å²) in [5.74, 6) is 0.538. The van der Waals surface area contributed by atoms with Gasteiger partial charge in [0.05, 0.1) is 23.4 Å². The fourth-order valence-electron chi connectivity index (χ4n) is 3.08. The van der Waals surface area contributed by atoms with Crippen LogP contribution in [-0.4, -0.2) is 51.2 Å². The van der Waals surface area contributed by atoms with Gasteiger partial charge in [0, 0.05) is 13.2 Å². The average Bonchev–Trinajstić information content (AvgIpc) is 3.02. The number of aliphatic hydroxyl groups is 1. The van der Waals surface area contributed by atoms with Gasteiger partial charge in [-0.1, -0.05) is 0 Å². The minimum absolute atomic E-state index is 0.0962. The van der Waals surface area contributed by atoms with E-state index in [1.165, 1.54) is 11.3 Å². The lowest BCUT2D eigenvalue weighted by molar-refractivity contribution is -0.0413. The number of amides is 1. The third kappa shape index (κ3) is 3.42. The molecular formula is C17H21N3O3S. The summed E-state index contributed by atoms with van der Waals surface area (Å²) in [5, 5.41) is 10.7. The van der Waals surface area contributed by atoms with Crippen LogP contribution in [0, 0.1) is 6.92 Å². The Bertz CT molecular complexity index is 691. The number of carbonyl (C=O) groups excluding carboxylic acids is 1. The van der Waals surface area contributed by atoms with Gasteiger partial charge in [-0.15, -0.1) is 11.3 Å². The Hall–Kier alpha value is -1.99. The quantitative estimate of drug-likeness (QED) is 0.918. The topological polar surface area (TPSA) is 75.6 Å². The SMILES string of the molecule is Cc1ncsc1C(=O)N(C)[C@@H]1CCC[C@@H](Oc2cccnc2)[C@@H]1O. The number of rotatable bonds is 4. The van der Waals surface area contributed by atoms with Crippen LogP contribution in [-0.2, 0) is 0 Å². The highest BCUT2D eigenvalue weighted by Crippen LogP contribution is 2.28. The molecule has 6 nitrogen and oxygen atoms in total. The number of aryl methyl sites for hydroxylation is 1. The molecule has 0 aliphatic heterocycles. The number of nitrogens with zero attached hydrogens (tertiary/aromatic N) is 3. The van der Waals surface area contributed by atoms with Crippen LogP contribution in [0.1, 0.15) is 34.6 Å². The fraction of sp³-hybridized carbons (Fsp3) is 0.471. The van der Waals surface area contributed by atoms with E-state index in [0.29, 0.717) is 10.6 Å². The van der Waals surface area contributed by atoms with Crippen molar-refractivity contribution in [3.8, 4) is 5.75 Å². The van der Waals surface area contributed by atoms with Crippen molar-refractivity contribution in [2.75, 3.05) is 7.05 Å². The highest BCUT2D eigenvalue weighted by molar-refractivity contribution is 7.11. The summed E-state index contributed by atoms with van der Waals surface area (Å²) in [5.41, 5.74) is 2.40. The molecule has 0 saturated heterocycles. The number of thiazole rings is 1. The molecule has 1 fully saturated rings. The normalized spacial score (nSPS) is 23.7. The molecule has 2 aromatic rings. The molecule has 3 atom stereocenters. The molecule has 1 saturated carbocycles. The van der Waals surface area contributed by atoms with E-state index in [2.05, 4.69) is 9.97 Å². The smallest absolute Gasteiger partial charge is 0.265 e. The van der Waals surface area contributed by atoms with Crippen LogP contribution < -0.4 is 4.74 Å². The Morgan fingerprint density at radius 1 is 1.46 bits per heavy atom. The van der Waals surface area contributed by atoms with Crippen LogP contribution in [0.5, 0.6) is 5.75 Å². The minimum Gasteiger partial charge on any atom is -0.486 e. The van der Waals surface area contributed by atoms with E-state index in [0.717, 1.165) is 25.0 Å². The van der Waals surface area contributed by atoms with Gasteiger partial charge in [0.25, 0.3) is 5.91 Å². The first-order valence-electron chi connectivity index (χ1n) is 8.00. The van der Waals surface area contributed by atoms with Crippen molar-refractivity contribution >= 4 is 17.2 Å². The molecule has 1 aliphatic carbocycles. The molecule has 2 heterocycles. The van der Waals surface area contributed by atoms with Crippen molar-refractivity contribution in [2.45, 2.75) is 44.4 Å². The van der Waals surface area contributed by atoms with Crippen molar-refractivity contribution in [1.82, 2.24) is 14.9 Å². The maximum atomic E-state index is 12.7. The van der Waals surface area contributed by atoms with Crippen molar-refractivity contribution in [3.05, 3.63) is 40.6 Å². The van der Waals surface area contributed by atoms with E-state index in [9.17, 15) is 9.90 Å². The van der Waals surface area contributed by atoms with Gasteiger partial charge in [-0.2, -0.15) is 0 Å². The third-order valence-electron chi connectivity index (χ3n) is 4.44. The van der Waals surface area contributed by atoms with E-state index < -0.39 is 6.10 Å². The molecule has 1 aliphatic rings. The number of hydrogen-bond donors (Lipinski definition) is 1. The zero-order chi connectivity index (χ0) is 17.1.